The highest BCUT2D eigenvalue weighted by Crippen LogP contribution is 2.33. The SMILES string of the molecule is CCOC(=O)C1CC(C(F)(F)F)=NN1c1cccc(CNB(C)O)c1.CCOC(=O)c1cc(C(F)(F)F)nn1-c1cccc(CNB(C)O)c1. The van der Waals surface area contributed by atoms with E-state index < -0.39 is 62.3 Å². The second-order valence-electron chi connectivity index (χ2n) is 10.9. The Morgan fingerprint density at radius 1 is 0.860 bits per heavy atom. The lowest BCUT2D eigenvalue weighted by atomic mass is 9.88. The Hall–Kier alpha value is -4.39. The maximum absolute atomic E-state index is 13.0. The number of ether oxygens (including phenoxy) is 2. The molecule has 4 N–H and O–H groups in total. The van der Waals surface area contributed by atoms with Gasteiger partial charge in [-0.15, -0.1) is 0 Å². The van der Waals surface area contributed by atoms with Crippen LogP contribution in [0.3, 0.4) is 0 Å². The number of hydrogen-bond donors (Lipinski definition) is 4. The normalized spacial score (nSPS) is 14.4. The van der Waals surface area contributed by atoms with Gasteiger partial charge in [-0.3, -0.25) is 5.01 Å². The van der Waals surface area contributed by atoms with Crippen LogP contribution in [0.15, 0.2) is 59.7 Å². The van der Waals surface area contributed by atoms with Crippen LogP contribution in [0.4, 0.5) is 32.0 Å². The average molecular weight is 712 g/mol. The molecule has 0 saturated heterocycles. The molecule has 0 bridgehead atoms. The number of carbonyl (C=O) groups excluding carboxylic acids is 2. The summed E-state index contributed by atoms with van der Waals surface area (Å²) in [6.45, 7) is 6.98. The van der Waals surface area contributed by atoms with Crippen LogP contribution in [0.25, 0.3) is 5.69 Å². The minimum absolute atomic E-state index is 0.0315. The van der Waals surface area contributed by atoms with Crippen molar-refractivity contribution in [3.8, 4) is 5.69 Å². The van der Waals surface area contributed by atoms with Gasteiger partial charge in [0.1, 0.15) is 5.71 Å². The van der Waals surface area contributed by atoms with Crippen LogP contribution in [-0.2, 0) is 33.5 Å². The van der Waals surface area contributed by atoms with Crippen molar-refractivity contribution in [2.24, 2.45) is 5.10 Å². The van der Waals surface area contributed by atoms with Gasteiger partial charge in [0.25, 0.3) is 0 Å². The van der Waals surface area contributed by atoms with Gasteiger partial charge in [-0.25, -0.2) is 14.3 Å². The number of aromatic nitrogens is 2. The molecule has 2 aromatic carbocycles. The van der Waals surface area contributed by atoms with Crippen LogP contribution < -0.4 is 15.5 Å². The van der Waals surface area contributed by atoms with E-state index in [0.717, 1.165) is 15.3 Å². The van der Waals surface area contributed by atoms with Gasteiger partial charge in [0, 0.05) is 25.6 Å². The molecule has 270 valence electrons. The van der Waals surface area contributed by atoms with Gasteiger partial charge in [0.15, 0.2) is 17.4 Å². The summed E-state index contributed by atoms with van der Waals surface area (Å²) in [5.41, 5.74) is -0.435. The monoisotopic (exact) mass is 712 g/mol. The van der Waals surface area contributed by atoms with Gasteiger partial charge in [0.05, 0.1) is 24.6 Å². The molecule has 2 heterocycles. The standard InChI is InChI=1S/C15H19BF3N3O3.C15H17BF3N3O3/c2*1-3-25-14(23)12-8-13(15(17,18)19)21-22(12)11-6-4-5-10(7-11)9-20-16(2)24/h4-7,12,20,24H,3,8-9H2,1-2H3;4-8,20,24H,3,9H2,1-2H3. The molecule has 1 aromatic heterocycles. The number of halogens is 6. The van der Waals surface area contributed by atoms with Gasteiger partial charge in [-0.2, -0.15) is 36.5 Å². The van der Waals surface area contributed by atoms with E-state index in [0.29, 0.717) is 30.4 Å². The van der Waals surface area contributed by atoms with Crippen molar-refractivity contribution in [3.63, 3.8) is 0 Å². The number of benzene rings is 2. The van der Waals surface area contributed by atoms with E-state index in [4.69, 9.17) is 9.47 Å². The Balaban J connectivity index is 0.000000270. The highest BCUT2D eigenvalue weighted by Gasteiger charge is 2.46. The van der Waals surface area contributed by atoms with Crippen molar-refractivity contribution in [2.45, 2.75) is 65.4 Å². The molecule has 12 nitrogen and oxygen atoms in total. The topological polar surface area (TPSA) is 151 Å². The van der Waals surface area contributed by atoms with Crippen LogP contribution in [0.1, 0.15) is 47.6 Å². The first-order valence-corrected chi connectivity index (χ1v) is 15.4. The third kappa shape index (κ3) is 11.3. The molecule has 20 heteroatoms. The van der Waals surface area contributed by atoms with E-state index in [1.54, 1.807) is 70.0 Å². The molecule has 4 rings (SSSR count). The number of anilines is 1. The zero-order valence-electron chi connectivity index (χ0n) is 27.5. The minimum atomic E-state index is -4.68. The maximum atomic E-state index is 13.0. The predicted octanol–water partition coefficient (Wildman–Crippen LogP) is 4.21. The summed E-state index contributed by atoms with van der Waals surface area (Å²) in [5.74, 6) is -1.64. The molecule has 0 fully saturated rings. The van der Waals surface area contributed by atoms with E-state index in [9.17, 15) is 46.0 Å². The smallest absolute Gasteiger partial charge is 0.435 e. The van der Waals surface area contributed by atoms with Crippen molar-refractivity contribution < 1.29 is 55.5 Å². The summed E-state index contributed by atoms with van der Waals surface area (Å²) < 4.78 is 88.6. The Morgan fingerprint density at radius 3 is 1.90 bits per heavy atom. The second kappa shape index (κ2) is 17.5. The summed E-state index contributed by atoms with van der Waals surface area (Å²) >= 11 is 0. The summed E-state index contributed by atoms with van der Waals surface area (Å²) in [6.07, 6.45) is -9.85. The number of nitrogens with one attached hydrogen (secondary N) is 2. The highest BCUT2D eigenvalue weighted by molar-refractivity contribution is 6.45. The molecular weight excluding hydrogens is 676 g/mol. The van der Waals surface area contributed by atoms with Crippen LogP contribution in [-0.4, -0.2) is 77.0 Å². The molecular formula is C30H36B2F6N6O6. The number of rotatable bonds is 12. The number of alkyl halides is 6. The maximum Gasteiger partial charge on any atom is 0.435 e. The Morgan fingerprint density at radius 2 is 1.40 bits per heavy atom. The summed E-state index contributed by atoms with van der Waals surface area (Å²) in [6, 6.07) is 12.6. The van der Waals surface area contributed by atoms with Crippen LogP contribution in [0, 0.1) is 0 Å². The van der Waals surface area contributed by atoms with E-state index in [1.807, 2.05) is 0 Å². The zero-order valence-corrected chi connectivity index (χ0v) is 27.5. The predicted molar refractivity (Wildman–Crippen MR) is 173 cm³/mol. The number of hydrogen-bond acceptors (Lipinski definition) is 11. The number of nitrogens with zero attached hydrogens (tertiary/aromatic N) is 4. The molecule has 1 atom stereocenters. The Bertz CT molecular complexity index is 1640. The fourth-order valence-corrected chi connectivity index (χ4v) is 4.55. The van der Waals surface area contributed by atoms with Crippen molar-refractivity contribution in [2.75, 3.05) is 18.2 Å². The molecule has 0 spiro atoms. The molecule has 1 unspecified atom stereocenters. The van der Waals surface area contributed by atoms with Crippen LogP contribution in [0.5, 0.6) is 0 Å². The second-order valence-corrected chi connectivity index (χ2v) is 10.9. The van der Waals surface area contributed by atoms with E-state index in [1.165, 1.54) is 6.07 Å². The Kier molecular flexibility index (Phi) is 14.0. The largest absolute Gasteiger partial charge is 0.464 e. The number of esters is 2. The van der Waals surface area contributed by atoms with Crippen molar-refractivity contribution in [3.05, 3.63) is 77.1 Å². The van der Waals surface area contributed by atoms with Gasteiger partial charge in [-0.1, -0.05) is 24.3 Å². The first-order chi connectivity index (χ1) is 23.4. The first-order valence-electron chi connectivity index (χ1n) is 15.4. The number of carbonyl (C=O) groups is 2. The lowest BCUT2D eigenvalue weighted by Crippen LogP contribution is -2.36. The summed E-state index contributed by atoms with van der Waals surface area (Å²) in [7, 11) is -1.46. The molecule has 3 aromatic rings. The van der Waals surface area contributed by atoms with Crippen LogP contribution in [0.2, 0.25) is 13.6 Å². The van der Waals surface area contributed by atoms with E-state index in [2.05, 4.69) is 20.7 Å². The first kappa shape index (κ1) is 40.0. The van der Waals surface area contributed by atoms with Crippen molar-refractivity contribution in [1.82, 2.24) is 20.2 Å². The molecule has 0 aliphatic carbocycles. The molecule has 0 radical (unpaired) electrons. The van der Waals surface area contributed by atoms with Gasteiger partial charge in [0.2, 0.25) is 0 Å². The fourth-order valence-electron chi connectivity index (χ4n) is 4.55. The number of hydrazone groups is 1. The van der Waals surface area contributed by atoms with E-state index in [-0.39, 0.29) is 24.6 Å². The quantitative estimate of drug-likeness (QED) is 0.122. The van der Waals surface area contributed by atoms with Crippen molar-refractivity contribution in [1.29, 1.82) is 0 Å². The summed E-state index contributed by atoms with van der Waals surface area (Å²) in [5, 5.41) is 32.3. The third-order valence-corrected chi connectivity index (χ3v) is 6.81. The minimum Gasteiger partial charge on any atom is -0.464 e. The molecule has 50 heavy (non-hydrogen) atoms. The third-order valence-electron chi connectivity index (χ3n) is 6.81. The summed E-state index contributed by atoms with van der Waals surface area (Å²) in [4.78, 5) is 24.0. The molecule has 0 saturated carbocycles. The van der Waals surface area contributed by atoms with Crippen molar-refractivity contribution >= 4 is 37.4 Å². The molecule has 1 aliphatic heterocycles. The molecule has 1 aliphatic rings. The average Bonchev–Trinajstić information content (AvgIpc) is 3.70. The van der Waals surface area contributed by atoms with Gasteiger partial charge >= 0.3 is 38.4 Å². The lowest BCUT2D eigenvalue weighted by molar-refractivity contribution is -0.144. The Labute approximate surface area is 284 Å². The van der Waals surface area contributed by atoms with Crippen LogP contribution >= 0.6 is 0 Å². The highest BCUT2D eigenvalue weighted by atomic mass is 19.4. The van der Waals surface area contributed by atoms with Gasteiger partial charge < -0.3 is 30.0 Å². The fraction of sp³-hybridized carbons (Fsp3) is 0.400. The lowest BCUT2D eigenvalue weighted by Gasteiger charge is -2.22. The molecule has 0 amide bonds. The van der Waals surface area contributed by atoms with E-state index >= 15 is 0 Å². The van der Waals surface area contributed by atoms with Gasteiger partial charge in [-0.05, 0) is 62.9 Å². The zero-order chi connectivity index (χ0) is 37.2.